The molecule has 3 rings (SSSR count). The van der Waals surface area contributed by atoms with E-state index in [1.54, 1.807) is 14.2 Å². The highest BCUT2D eigenvalue weighted by Gasteiger charge is 2.20. The van der Waals surface area contributed by atoms with Gasteiger partial charge in [-0.25, -0.2) is 0 Å². The van der Waals surface area contributed by atoms with Crippen molar-refractivity contribution in [1.82, 2.24) is 0 Å². The summed E-state index contributed by atoms with van der Waals surface area (Å²) in [5.41, 5.74) is 2.68. The molecule has 0 N–H and O–H groups in total. The van der Waals surface area contributed by atoms with Crippen LogP contribution in [0.25, 0.3) is 28.4 Å². The maximum atomic E-state index is 6.06. The van der Waals surface area contributed by atoms with Crippen LogP contribution in [-0.4, -0.2) is 21.0 Å². The van der Waals surface area contributed by atoms with Crippen molar-refractivity contribution < 1.29 is 18.6 Å². The Hall–Kier alpha value is -2.24. The highest BCUT2D eigenvalue weighted by Crippen LogP contribution is 2.44. The average molecular weight is 403 g/mol. The SMILES string of the molecule is CC=Cc1ccc2oc(-c3c(OCOC)ccc(Br)c3OC)cc2c1. The fourth-order valence-electron chi connectivity index (χ4n) is 2.70. The van der Waals surface area contributed by atoms with Gasteiger partial charge in [0.2, 0.25) is 0 Å². The van der Waals surface area contributed by atoms with Crippen LogP contribution in [0.2, 0.25) is 0 Å². The molecule has 0 bridgehead atoms. The van der Waals surface area contributed by atoms with Crippen LogP contribution in [0.15, 0.2) is 51.4 Å². The zero-order valence-corrected chi connectivity index (χ0v) is 15.9. The molecule has 0 saturated heterocycles. The van der Waals surface area contributed by atoms with Crippen LogP contribution in [0.1, 0.15) is 12.5 Å². The Kier molecular flexibility index (Phi) is 5.46. The highest BCUT2D eigenvalue weighted by atomic mass is 79.9. The molecule has 3 aromatic rings. The molecule has 0 amide bonds. The van der Waals surface area contributed by atoms with Crippen molar-refractivity contribution >= 4 is 33.0 Å². The summed E-state index contributed by atoms with van der Waals surface area (Å²) in [6.45, 7) is 2.14. The van der Waals surface area contributed by atoms with Gasteiger partial charge in [-0.15, -0.1) is 0 Å². The van der Waals surface area contributed by atoms with Crippen molar-refractivity contribution in [2.45, 2.75) is 6.92 Å². The second-order valence-corrected chi connectivity index (χ2v) is 6.27. The topological polar surface area (TPSA) is 40.8 Å². The van der Waals surface area contributed by atoms with Gasteiger partial charge in [-0.3, -0.25) is 0 Å². The van der Waals surface area contributed by atoms with E-state index in [0.717, 1.165) is 26.6 Å². The van der Waals surface area contributed by atoms with Gasteiger partial charge in [-0.05, 0) is 58.7 Å². The maximum Gasteiger partial charge on any atom is 0.188 e. The summed E-state index contributed by atoms with van der Waals surface area (Å²) in [5.74, 6) is 1.97. The second kappa shape index (κ2) is 7.76. The lowest BCUT2D eigenvalue weighted by Crippen LogP contribution is -2.01. The maximum absolute atomic E-state index is 6.06. The number of ether oxygens (including phenoxy) is 3. The molecule has 0 fully saturated rings. The Morgan fingerprint density at radius 2 is 1.96 bits per heavy atom. The zero-order chi connectivity index (χ0) is 17.8. The lowest BCUT2D eigenvalue weighted by molar-refractivity contribution is 0.0513. The van der Waals surface area contributed by atoms with Gasteiger partial charge in [-0.1, -0.05) is 18.2 Å². The van der Waals surface area contributed by atoms with Crippen molar-refractivity contribution in [2.24, 2.45) is 0 Å². The van der Waals surface area contributed by atoms with Gasteiger partial charge in [-0.2, -0.15) is 0 Å². The minimum absolute atomic E-state index is 0.142. The summed E-state index contributed by atoms with van der Waals surface area (Å²) in [4.78, 5) is 0. The first kappa shape index (κ1) is 17.6. The van der Waals surface area contributed by atoms with E-state index in [1.165, 1.54) is 0 Å². The first-order valence-electron chi connectivity index (χ1n) is 7.82. The zero-order valence-electron chi connectivity index (χ0n) is 14.3. The lowest BCUT2D eigenvalue weighted by Gasteiger charge is -2.14. The quantitative estimate of drug-likeness (QED) is 0.482. The smallest absolute Gasteiger partial charge is 0.188 e. The monoisotopic (exact) mass is 402 g/mol. The Balaban J connectivity index is 2.16. The number of hydrogen-bond acceptors (Lipinski definition) is 4. The van der Waals surface area contributed by atoms with E-state index in [9.17, 15) is 0 Å². The van der Waals surface area contributed by atoms with E-state index in [0.29, 0.717) is 17.3 Å². The largest absolute Gasteiger partial charge is 0.495 e. The molecule has 0 aliphatic heterocycles. The number of allylic oxidation sites excluding steroid dienone is 1. The van der Waals surface area contributed by atoms with Crippen molar-refractivity contribution in [2.75, 3.05) is 21.0 Å². The minimum atomic E-state index is 0.142. The molecule has 4 nitrogen and oxygen atoms in total. The van der Waals surface area contributed by atoms with E-state index in [2.05, 4.69) is 28.1 Å². The molecule has 0 radical (unpaired) electrons. The summed E-state index contributed by atoms with van der Waals surface area (Å²) in [6, 6.07) is 11.8. The van der Waals surface area contributed by atoms with Crippen LogP contribution in [0.5, 0.6) is 11.5 Å². The lowest BCUT2D eigenvalue weighted by atomic mass is 10.1. The number of fused-ring (bicyclic) bond motifs is 1. The Morgan fingerprint density at radius 3 is 2.68 bits per heavy atom. The molecule has 0 saturated carbocycles. The molecule has 0 atom stereocenters. The van der Waals surface area contributed by atoms with Crippen molar-refractivity contribution in [1.29, 1.82) is 0 Å². The average Bonchev–Trinajstić information content (AvgIpc) is 3.03. The summed E-state index contributed by atoms with van der Waals surface area (Å²) in [7, 11) is 3.20. The van der Waals surface area contributed by atoms with Gasteiger partial charge in [0, 0.05) is 12.5 Å². The molecule has 1 aromatic heterocycles. The van der Waals surface area contributed by atoms with Crippen LogP contribution in [0.3, 0.4) is 0 Å². The van der Waals surface area contributed by atoms with E-state index >= 15 is 0 Å². The van der Waals surface area contributed by atoms with E-state index in [4.69, 9.17) is 18.6 Å². The molecular weight excluding hydrogens is 384 g/mol. The van der Waals surface area contributed by atoms with Crippen LogP contribution in [-0.2, 0) is 4.74 Å². The van der Waals surface area contributed by atoms with E-state index < -0.39 is 0 Å². The number of hydrogen-bond donors (Lipinski definition) is 0. The summed E-state index contributed by atoms with van der Waals surface area (Å²) in [6.07, 6.45) is 4.06. The van der Waals surface area contributed by atoms with Crippen LogP contribution in [0.4, 0.5) is 0 Å². The number of halogens is 1. The van der Waals surface area contributed by atoms with Gasteiger partial charge >= 0.3 is 0 Å². The Morgan fingerprint density at radius 1 is 1.12 bits per heavy atom. The molecule has 0 aliphatic carbocycles. The normalized spacial score (nSPS) is 11.4. The number of rotatable bonds is 6. The van der Waals surface area contributed by atoms with Gasteiger partial charge in [0.25, 0.3) is 0 Å². The molecule has 130 valence electrons. The molecule has 0 unspecified atom stereocenters. The van der Waals surface area contributed by atoms with Crippen molar-refractivity contribution in [3.8, 4) is 22.8 Å². The molecule has 25 heavy (non-hydrogen) atoms. The van der Waals surface area contributed by atoms with E-state index in [-0.39, 0.29) is 6.79 Å². The number of methoxy groups -OCH3 is 2. The van der Waals surface area contributed by atoms with Gasteiger partial charge in [0.15, 0.2) is 6.79 Å². The predicted octanol–water partition coefficient (Wildman–Crippen LogP) is 5.89. The van der Waals surface area contributed by atoms with Crippen LogP contribution < -0.4 is 9.47 Å². The fraction of sp³-hybridized carbons (Fsp3) is 0.200. The Bertz CT molecular complexity index is 911. The first-order chi connectivity index (χ1) is 12.2. The van der Waals surface area contributed by atoms with E-state index in [1.807, 2.05) is 43.3 Å². The predicted molar refractivity (Wildman–Crippen MR) is 103 cm³/mol. The first-order valence-corrected chi connectivity index (χ1v) is 8.62. The number of benzene rings is 2. The molecule has 5 heteroatoms. The van der Waals surface area contributed by atoms with Crippen molar-refractivity contribution in [3.63, 3.8) is 0 Å². The second-order valence-electron chi connectivity index (χ2n) is 5.41. The molecule has 2 aromatic carbocycles. The van der Waals surface area contributed by atoms with Gasteiger partial charge in [0.05, 0.1) is 11.6 Å². The van der Waals surface area contributed by atoms with Gasteiger partial charge < -0.3 is 18.6 Å². The number of furan rings is 1. The molecule has 1 heterocycles. The van der Waals surface area contributed by atoms with Crippen molar-refractivity contribution in [3.05, 3.63) is 52.5 Å². The van der Waals surface area contributed by atoms with Gasteiger partial charge in [0.1, 0.15) is 28.4 Å². The third kappa shape index (κ3) is 3.57. The van der Waals surface area contributed by atoms with Crippen LogP contribution >= 0.6 is 15.9 Å². The molecular formula is C20H19BrO4. The summed E-state index contributed by atoms with van der Waals surface area (Å²) in [5, 5.41) is 1.02. The summed E-state index contributed by atoms with van der Waals surface area (Å²) >= 11 is 3.52. The molecule has 0 spiro atoms. The minimum Gasteiger partial charge on any atom is -0.495 e. The standard InChI is InChI=1S/C20H19BrO4/c1-4-5-13-6-8-16-14(10-13)11-18(25-16)19-17(24-12-22-2)9-7-15(21)20(19)23-3/h4-11H,12H2,1-3H3. The summed E-state index contributed by atoms with van der Waals surface area (Å²) < 4.78 is 23.2. The van der Waals surface area contributed by atoms with Crippen LogP contribution in [0, 0.1) is 0 Å². The third-order valence-corrected chi connectivity index (χ3v) is 4.38. The highest BCUT2D eigenvalue weighted by molar-refractivity contribution is 9.10. The molecule has 0 aliphatic rings. The Labute approximate surface area is 155 Å². The third-order valence-electron chi connectivity index (χ3n) is 3.75. The fourth-order valence-corrected chi connectivity index (χ4v) is 3.19.